The Labute approximate surface area is 151 Å². The molecule has 134 valence electrons. The molecule has 0 aliphatic carbocycles. The summed E-state index contributed by atoms with van der Waals surface area (Å²) in [6, 6.07) is 8.48. The number of hydrogen-bond donors (Lipinski definition) is 1. The predicted octanol–water partition coefficient (Wildman–Crippen LogP) is 3.18. The van der Waals surface area contributed by atoms with Crippen LogP contribution in [0.15, 0.2) is 40.6 Å². The molecule has 25 heavy (non-hydrogen) atoms. The number of hydrogen-bond acceptors (Lipinski definition) is 5. The molecule has 3 rings (SSSR count). The van der Waals surface area contributed by atoms with Gasteiger partial charge in [0, 0.05) is 18.8 Å². The van der Waals surface area contributed by atoms with E-state index in [1.54, 1.807) is 29.6 Å². The first-order valence-electron chi connectivity index (χ1n) is 8.14. The van der Waals surface area contributed by atoms with E-state index < -0.39 is 15.9 Å². The van der Waals surface area contributed by atoms with E-state index in [-0.39, 0.29) is 9.77 Å². The number of thiophene rings is 1. The zero-order valence-electron chi connectivity index (χ0n) is 13.9. The molecule has 6 nitrogen and oxygen atoms in total. The van der Waals surface area contributed by atoms with Crippen molar-refractivity contribution in [3.63, 3.8) is 0 Å². The summed E-state index contributed by atoms with van der Waals surface area (Å²) in [6.45, 7) is 3.49. The van der Waals surface area contributed by atoms with Crippen LogP contribution in [0.5, 0.6) is 5.75 Å². The van der Waals surface area contributed by atoms with E-state index in [1.165, 1.54) is 10.4 Å². The standard InChI is InChI=1S/C17H20N2O4S2/c1-2-23-14-7-5-13(6-8-14)18-17(20)16-15(9-12-24-16)25(21,22)19-10-3-4-11-19/h5-9,12H,2-4,10-11H2,1H3,(H,18,20). The van der Waals surface area contributed by atoms with E-state index in [2.05, 4.69) is 5.32 Å². The maximum atomic E-state index is 12.7. The zero-order chi connectivity index (χ0) is 17.9. The van der Waals surface area contributed by atoms with E-state index in [9.17, 15) is 13.2 Å². The highest BCUT2D eigenvalue weighted by Crippen LogP contribution is 2.28. The van der Waals surface area contributed by atoms with Crippen molar-refractivity contribution < 1.29 is 17.9 Å². The van der Waals surface area contributed by atoms with Gasteiger partial charge in [0.1, 0.15) is 15.5 Å². The molecular formula is C17H20N2O4S2. The van der Waals surface area contributed by atoms with Gasteiger partial charge < -0.3 is 10.1 Å². The van der Waals surface area contributed by atoms with E-state index >= 15 is 0 Å². The monoisotopic (exact) mass is 380 g/mol. The SMILES string of the molecule is CCOc1ccc(NC(=O)c2sccc2S(=O)(=O)N2CCCC2)cc1. The highest BCUT2D eigenvalue weighted by atomic mass is 32.2. The number of rotatable bonds is 6. The number of carbonyl (C=O) groups is 1. The molecule has 2 aromatic rings. The van der Waals surface area contributed by atoms with Crippen molar-refractivity contribution in [3.05, 3.63) is 40.6 Å². The molecule has 0 bridgehead atoms. The summed E-state index contributed by atoms with van der Waals surface area (Å²) in [6.07, 6.45) is 1.72. The number of amides is 1. The van der Waals surface area contributed by atoms with Crippen molar-refractivity contribution in [1.82, 2.24) is 4.31 Å². The summed E-state index contributed by atoms with van der Waals surface area (Å²) < 4.78 is 32.3. The topological polar surface area (TPSA) is 75.7 Å². The van der Waals surface area contributed by atoms with Gasteiger partial charge >= 0.3 is 0 Å². The minimum absolute atomic E-state index is 0.0860. The second kappa shape index (κ2) is 7.55. The molecule has 1 N–H and O–H groups in total. The molecule has 1 amide bonds. The fourth-order valence-corrected chi connectivity index (χ4v) is 5.54. The molecule has 8 heteroatoms. The molecule has 2 heterocycles. The Kier molecular flexibility index (Phi) is 5.41. The molecule has 0 atom stereocenters. The van der Waals surface area contributed by atoms with Gasteiger partial charge in [-0.25, -0.2) is 8.42 Å². The average molecular weight is 380 g/mol. The Bertz CT molecular complexity index is 838. The summed E-state index contributed by atoms with van der Waals surface area (Å²) in [5, 5.41) is 4.38. The van der Waals surface area contributed by atoms with Crippen molar-refractivity contribution >= 4 is 33.0 Å². The lowest BCUT2D eigenvalue weighted by Gasteiger charge is -2.15. The van der Waals surface area contributed by atoms with Gasteiger partial charge in [-0.1, -0.05) is 0 Å². The fraction of sp³-hybridized carbons (Fsp3) is 0.353. The Morgan fingerprint density at radius 1 is 1.20 bits per heavy atom. The van der Waals surface area contributed by atoms with E-state index in [1.807, 2.05) is 6.92 Å². The minimum atomic E-state index is -3.61. The third-order valence-corrected chi connectivity index (χ3v) is 6.92. The van der Waals surface area contributed by atoms with Gasteiger partial charge in [-0.15, -0.1) is 11.3 Å². The Balaban J connectivity index is 1.78. The number of sulfonamides is 1. The number of anilines is 1. The molecule has 1 saturated heterocycles. The molecule has 1 aromatic carbocycles. The Morgan fingerprint density at radius 2 is 1.88 bits per heavy atom. The van der Waals surface area contributed by atoms with Gasteiger partial charge in [0.2, 0.25) is 10.0 Å². The van der Waals surface area contributed by atoms with Gasteiger partial charge in [0.15, 0.2) is 0 Å². The largest absolute Gasteiger partial charge is 0.494 e. The van der Waals surface area contributed by atoms with Gasteiger partial charge in [-0.3, -0.25) is 4.79 Å². The van der Waals surface area contributed by atoms with Crippen LogP contribution in [0.25, 0.3) is 0 Å². The van der Waals surface area contributed by atoms with Crippen LogP contribution in [-0.2, 0) is 10.0 Å². The molecule has 1 fully saturated rings. The highest BCUT2D eigenvalue weighted by Gasteiger charge is 2.31. The molecular weight excluding hydrogens is 360 g/mol. The summed E-state index contributed by atoms with van der Waals surface area (Å²) in [5.74, 6) is 0.297. The third kappa shape index (κ3) is 3.86. The second-order valence-electron chi connectivity index (χ2n) is 5.64. The molecule has 1 aliphatic heterocycles. The molecule has 0 radical (unpaired) electrons. The maximum absolute atomic E-state index is 12.7. The lowest BCUT2D eigenvalue weighted by Crippen LogP contribution is -2.29. The summed E-state index contributed by atoms with van der Waals surface area (Å²) in [4.78, 5) is 12.8. The second-order valence-corrected chi connectivity index (χ2v) is 8.46. The lowest BCUT2D eigenvalue weighted by molar-refractivity contribution is 0.102. The summed E-state index contributed by atoms with van der Waals surface area (Å²) in [7, 11) is -3.61. The minimum Gasteiger partial charge on any atom is -0.494 e. The van der Waals surface area contributed by atoms with E-state index in [0.29, 0.717) is 31.1 Å². The molecule has 1 aromatic heterocycles. The highest BCUT2D eigenvalue weighted by molar-refractivity contribution is 7.89. The smallest absolute Gasteiger partial charge is 0.267 e. The number of benzene rings is 1. The van der Waals surface area contributed by atoms with Crippen LogP contribution in [0, 0.1) is 0 Å². The van der Waals surface area contributed by atoms with Crippen LogP contribution < -0.4 is 10.1 Å². The maximum Gasteiger partial charge on any atom is 0.267 e. The molecule has 0 spiro atoms. The lowest BCUT2D eigenvalue weighted by atomic mass is 10.3. The van der Waals surface area contributed by atoms with Crippen LogP contribution in [0.1, 0.15) is 29.4 Å². The number of ether oxygens (including phenoxy) is 1. The molecule has 1 aliphatic rings. The Hall–Kier alpha value is -1.90. The van der Waals surface area contributed by atoms with E-state index in [4.69, 9.17) is 4.74 Å². The van der Waals surface area contributed by atoms with Crippen LogP contribution in [0.4, 0.5) is 5.69 Å². The van der Waals surface area contributed by atoms with Crippen molar-refractivity contribution in [2.75, 3.05) is 25.0 Å². The first kappa shape index (κ1) is 17.9. The third-order valence-electron chi connectivity index (χ3n) is 3.94. The van der Waals surface area contributed by atoms with Crippen LogP contribution >= 0.6 is 11.3 Å². The average Bonchev–Trinajstić information content (AvgIpc) is 3.29. The number of nitrogens with zero attached hydrogens (tertiary/aromatic N) is 1. The zero-order valence-corrected chi connectivity index (χ0v) is 15.5. The quantitative estimate of drug-likeness (QED) is 0.835. The summed E-state index contributed by atoms with van der Waals surface area (Å²) in [5.41, 5.74) is 0.589. The van der Waals surface area contributed by atoms with Gasteiger partial charge in [-0.2, -0.15) is 4.31 Å². The molecule has 0 unspecified atom stereocenters. The number of nitrogens with one attached hydrogen (secondary N) is 1. The summed E-state index contributed by atoms with van der Waals surface area (Å²) >= 11 is 1.13. The van der Waals surface area contributed by atoms with Gasteiger partial charge in [0.25, 0.3) is 5.91 Å². The van der Waals surface area contributed by atoms with Crippen LogP contribution in [0.3, 0.4) is 0 Å². The van der Waals surface area contributed by atoms with Crippen molar-refractivity contribution in [2.24, 2.45) is 0 Å². The van der Waals surface area contributed by atoms with Gasteiger partial charge in [0.05, 0.1) is 6.61 Å². The normalized spacial score (nSPS) is 15.2. The van der Waals surface area contributed by atoms with Crippen LogP contribution in [0.2, 0.25) is 0 Å². The Morgan fingerprint density at radius 3 is 2.52 bits per heavy atom. The van der Waals surface area contributed by atoms with E-state index in [0.717, 1.165) is 24.2 Å². The van der Waals surface area contributed by atoms with Gasteiger partial charge in [-0.05, 0) is 55.5 Å². The van der Waals surface area contributed by atoms with Crippen molar-refractivity contribution in [1.29, 1.82) is 0 Å². The first-order valence-corrected chi connectivity index (χ1v) is 10.5. The molecule has 0 saturated carbocycles. The van der Waals surface area contributed by atoms with Crippen molar-refractivity contribution in [3.8, 4) is 5.75 Å². The predicted molar refractivity (Wildman–Crippen MR) is 97.9 cm³/mol. The van der Waals surface area contributed by atoms with Crippen molar-refractivity contribution in [2.45, 2.75) is 24.7 Å². The fourth-order valence-electron chi connectivity index (χ4n) is 2.72. The first-order chi connectivity index (χ1) is 12.0. The number of carbonyl (C=O) groups excluding carboxylic acids is 1. The van der Waals surface area contributed by atoms with Crippen LogP contribution in [-0.4, -0.2) is 38.3 Å².